The molecule has 1 aliphatic heterocycles. The first kappa shape index (κ1) is 12.4. The van der Waals surface area contributed by atoms with Crippen molar-refractivity contribution in [3.05, 3.63) is 52.5 Å². The van der Waals surface area contributed by atoms with Crippen molar-refractivity contribution >= 4 is 16.9 Å². The van der Waals surface area contributed by atoms with Gasteiger partial charge in [-0.15, -0.1) is 11.3 Å². The number of hydrogen-bond donors (Lipinski definition) is 1. The van der Waals surface area contributed by atoms with Crippen LogP contribution in [0.25, 0.3) is 5.57 Å². The van der Waals surface area contributed by atoms with Gasteiger partial charge < -0.3 is 10.1 Å². The van der Waals surface area contributed by atoms with Gasteiger partial charge in [-0.3, -0.25) is 0 Å². The molecule has 0 amide bonds. The van der Waals surface area contributed by atoms with Crippen molar-refractivity contribution in [2.24, 2.45) is 0 Å². The third kappa shape index (κ3) is 3.22. The normalized spacial score (nSPS) is 15.1. The zero-order chi connectivity index (χ0) is 12.9. The summed E-state index contributed by atoms with van der Waals surface area (Å²) < 4.78 is 5.71. The van der Waals surface area contributed by atoms with E-state index in [1.807, 2.05) is 17.5 Å². The summed E-state index contributed by atoms with van der Waals surface area (Å²) >= 11 is 1.62. The highest BCUT2D eigenvalue weighted by Gasteiger charge is 2.05. The van der Waals surface area contributed by atoms with Gasteiger partial charge in [0.1, 0.15) is 17.4 Å². The molecule has 98 valence electrons. The molecule has 3 nitrogen and oxygen atoms in total. The molecule has 0 atom stereocenters. The van der Waals surface area contributed by atoms with E-state index < -0.39 is 0 Å². The van der Waals surface area contributed by atoms with E-state index >= 15 is 0 Å². The Balaban J connectivity index is 1.63. The van der Waals surface area contributed by atoms with Crippen molar-refractivity contribution in [1.29, 1.82) is 0 Å². The summed E-state index contributed by atoms with van der Waals surface area (Å²) in [6.45, 7) is 2.58. The van der Waals surface area contributed by atoms with E-state index in [0.29, 0.717) is 6.61 Å². The van der Waals surface area contributed by atoms with Gasteiger partial charge in [0.15, 0.2) is 0 Å². The molecule has 0 spiro atoms. The van der Waals surface area contributed by atoms with Crippen LogP contribution in [-0.4, -0.2) is 18.1 Å². The van der Waals surface area contributed by atoms with E-state index in [1.165, 1.54) is 11.1 Å². The van der Waals surface area contributed by atoms with Gasteiger partial charge in [-0.2, -0.15) is 0 Å². The zero-order valence-corrected chi connectivity index (χ0v) is 11.5. The molecule has 0 saturated heterocycles. The Bertz CT molecular complexity index is 546. The minimum atomic E-state index is 0.545. The molecular formula is C15H16N2OS. The van der Waals surface area contributed by atoms with Crippen LogP contribution in [0.4, 0.5) is 0 Å². The minimum Gasteiger partial charge on any atom is -0.486 e. The van der Waals surface area contributed by atoms with Crippen LogP contribution in [0.3, 0.4) is 0 Å². The van der Waals surface area contributed by atoms with Crippen molar-refractivity contribution in [3.8, 4) is 5.75 Å². The second-order valence-corrected chi connectivity index (χ2v) is 5.40. The number of thiazole rings is 1. The standard InChI is InChI=1S/C15H16N2OS/c1-3-14(18-11-15-17-9-10-19-15)4-2-12(1)13-5-7-16-8-6-13/h1-5,9-10,16H,6-8,11H2. The molecular weight excluding hydrogens is 256 g/mol. The van der Waals surface area contributed by atoms with E-state index in [4.69, 9.17) is 4.74 Å². The van der Waals surface area contributed by atoms with Crippen molar-refractivity contribution < 1.29 is 4.74 Å². The molecule has 0 bridgehead atoms. The Morgan fingerprint density at radius 1 is 1.26 bits per heavy atom. The van der Waals surface area contributed by atoms with Gasteiger partial charge in [-0.1, -0.05) is 18.2 Å². The highest BCUT2D eigenvalue weighted by Crippen LogP contribution is 2.22. The molecule has 2 aromatic rings. The van der Waals surface area contributed by atoms with Crippen LogP contribution >= 0.6 is 11.3 Å². The quantitative estimate of drug-likeness (QED) is 0.928. The average Bonchev–Trinajstić information content (AvgIpc) is 3.00. The molecule has 0 fully saturated rings. The maximum Gasteiger partial charge on any atom is 0.140 e. The largest absolute Gasteiger partial charge is 0.486 e. The average molecular weight is 272 g/mol. The van der Waals surface area contributed by atoms with Crippen LogP contribution in [0.2, 0.25) is 0 Å². The summed E-state index contributed by atoms with van der Waals surface area (Å²) in [6, 6.07) is 8.33. The van der Waals surface area contributed by atoms with Gasteiger partial charge >= 0.3 is 0 Å². The fourth-order valence-corrected chi connectivity index (χ4v) is 2.65. The van der Waals surface area contributed by atoms with Gasteiger partial charge in [-0.05, 0) is 36.2 Å². The third-order valence-electron chi connectivity index (χ3n) is 3.13. The van der Waals surface area contributed by atoms with Crippen LogP contribution in [0.5, 0.6) is 5.75 Å². The molecule has 1 aliphatic rings. The Kier molecular flexibility index (Phi) is 3.91. The second kappa shape index (κ2) is 5.99. The lowest BCUT2D eigenvalue weighted by molar-refractivity contribution is 0.305. The first-order valence-electron chi connectivity index (χ1n) is 6.43. The molecule has 2 heterocycles. The Morgan fingerprint density at radius 3 is 2.84 bits per heavy atom. The van der Waals surface area contributed by atoms with E-state index in [0.717, 1.165) is 30.3 Å². The number of hydrogen-bond acceptors (Lipinski definition) is 4. The van der Waals surface area contributed by atoms with E-state index in [2.05, 4.69) is 28.5 Å². The molecule has 0 saturated carbocycles. The van der Waals surface area contributed by atoms with Crippen LogP contribution < -0.4 is 10.1 Å². The Hall–Kier alpha value is -1.65. The number of rotatable bonds is 4. The number of benzene rings is 1. The van der Waals surface area contributed by atoms with E-state index in [1.54, 1.807) is 17.5 Å². The summed E-state index contributed by atoms with van der Waals surface area (Å²) in [6.07, 6.45) is 5.16. The first-order chi connectivity index (χ1) is 9.42. The molecule has 0 unspecified atom stereocenters. The van der Waals surface area contributed by atoms with E-state index in [-0.39, 0.29) is 0 Å². The second-order valence-electron chi connectivity index (χ2n) is 4.42. The summed E-state index contributed by atoms with van der Waals surface area (Å²) in [5, 5.41) is 6.29. The Morgan fingerprint density at radius 2 is 2.16 bits per heavy atom. The predicted octanol–water partition coefficient (Wildman–Crippen LogP) is 3.10. The fraction of sp³-hybridized carbons (Fsp3) is 0.267. The summed E-state index contributed by atoms with van der Waals surface area (Å²) in [5.41, 5.74) is 2.72. The molecule has 1 aromatic heterocycles. The van der Waals surface area contributed by atoms with Gasteiger partial charge in [0, 0.05) is 18.1 Å². The highest BCUT2D eigenvalue weighted by molar-refractivity contribution is 7.09. The van der Waals surface area contributed by atoms with Crippen LogP contribution in [0.1, 0.15) is 17.0 Å². The topological polar surface area (TPSA) is 34.1 Å². The van der Waals surface area contributed by atoms with Crippen molar-refractivity contribution in [3.63, 3.8) is 0 Å². The van der Waals surface area contributed by atoms with Gasteiger partial charge in [0.2, 0.25) is 0 Å². The maximum atomic E-state index is 5.71. The number of nitrogens with zero attached hydrogens (tertiary/aromatic N) is 1. The lowest BCUT2D eigenvalue weighted by Gasteiger charge is -2.14. The Labute approximate surface area is 117 Å². The molecule has 1 aromatic carbocycles. The van der Waals surface area contributed by atoms with Crippen LogP contribution in [0, 0.1) is 0 Å². The molecule has 19 heavy (non-hydrogen) atoms. The van der Waals surface area contributed by atoms with E-state index in [9.17, 15) is 0 Å². The summed E-state index contributed by atoms with van der Waals surface area (Å²) in [5.74, 6) is 0.897. The van der Waals surface area contributed by atoms with Gasteiger partial charge in [0.25, 0.3) is 0 Å². The van der Waals surface area contributed by atoms with Gasteiger partial charge in [-0.25, -0.2) is 4.98 Å². The fourth-order valence-electron chi connectivity index (χ4n) is 2.12. The monoisotopic (exact) mass is 272 g/mol. The molecule has 1 N–H and O–H groups in total. The smallest absolute Gasteiger partial charge is 0.140 e. The molecule has 4 heteroatoms. The number of aromatic nitrogens is 1. The number of nitrogens with one attached hydrogen (secondary N) is 1. The van der Waals surface area contributed by atoms with Crippen molar-refractivity contribution in [1.82, 2.24) is 10.3 Å². The number of ether oxygens (including phenoxy) is 1. The molecule has 0 radical (unpaired) electrons. The minimum absolute atomic E-state index is 0.545. The lowest BCUT2D eigenvalue weighted by atomic mass is 10.0. The van der Waals surface area contributed by atoms with Crippen molar-refractivity contribution in [2.45, 2.75) is 13.0 Å². The molecule has 3 rings (SSSR count). The molecule has 0 aliphatic carbocycles. The van der Waals surface area contributed by atoms with Crippen molar-refractivity contribution in [2.75, 3.05) is 13.1 Å². The predicted molar refractivity (Wildman–Crippen MR) is 78.4 cm³/mol. The van der Waals surface area contributed by atoms with Crippen LogP contribution in [0.15, 0.2) is 41.9 Å². The maximum absolute atomic E-state index is 5.71. The SMILES string of the molecule is C1=C(c2ccc(OCc3nccs3)cc2)CCNC1. The summed E-state index contributed by atoms with van der Waals surface area (Å²) in [7, 11) is 0. The first-order valence-corrected chi connectivity index (χ1v) is 7.31. The van der Waals surface area contributed by atoms with Gasteiger partial charge in [0.05, 0.1) is 0 Å². The highest BCUT2D eigenvalue weighted by atomic mass is 32.1. The summed E-state index contributed by atoms with van der Waals surface area (Å²) in [4.78, 5) is 4.20. The third-order valence-corrected chi connectivity index (χ3v) is 3.89. The van der Waals surface area contributed by atoms with Crippen LogP contribution in [-0.2, 0) is 6.61 Å². The zero-order valence-electron chi connectivity index (χ0n) is 10.6. The lowest BCUT2D eigenvalue weighted by Crippen LogP contribution is -2.19.